The van der Waals surface area contributed by atoms with Crippen molar-refractivity contribution in [2.75, 3.05) is 0 Å². The highest BCUT2D eigenvalue weighted by molar-refractivity contribution is 7.93. The van der Waals surface area contributed by atoms with E-state index in [0.29, 0.717) is 17.7 Å². The number of thiophene rings is 1. The summed E-state index contributed by atoms with van der Waals surface area (Å²) in [5, 5.41) is 10.1. The molecule has 6 nitrogen and oxygen atoms in total. The van der Waals surface area contributed by atoms with Gasteiger partial charge in [0.1, 0.15) is 10.1 Å². The lowest BCUT2D eigenvalue weighted by atomic mass is 10.0. The molecular formula is C17H25NO5S2. The van der Waals surface area contributed by atoms with Gasteiger partial charge in [-0.3, -0.25) is 4.79 Å². The van der Waals surface area contributed by atoms with E-state index in [1.807, 2.05) is 0 Å². The summed E-state index contributed by atoms with van der Waals surface area (Å²) in [6.07, 6.45) is 4.10. The van der Waals surface area contributed by atoms with Crippen molar-refractivity contribution in [3.8, 4) is 0 Å². The number of aromatic carboxylic acids is 1. The van der Waals surface area contributed by atoms with Crippen molar-refractivity contribution >= 4 is 33.1 Å². The molecule has 1 aromatic heterocycles. The molecule has 8 heteroatoms. The third kappa shape index (κ3) is 4.82. The highest BCUT2D eigenvalue weighted by Crippen LogP contribution is 2.29. The van der Waals surface area contributed by atoms with Crippen LogP contribution in [0.5, 0.6) is 0 Å². The minimum Gasteiger partial charge on any atom is -0.477 e. The van der Waals surface area contributed by atoms with Crippen LogP contribution in [0.1, 0.15) is 60.5 Å². The molecular weight excluding hydrogens is 362 g/mol. The van der Waals surface area contributed by atoms with Gasteiger partial charge in [-0.25, -0.2) is 13.2 Å². The number of amides is 1. The second-order valence-electron chi connectivity index (χ2n) is 6.80. The summed E-state index contributed by atoms with van der Waals surface area (Å²) in [7, 11) is -3.54. The predicted molar refractivity (Wildman–Crippen MR) is 97.5 cm³/mol. The number of rotatable bonds is 7. The Kier molecular flexibility index (Phi) is 6.62. The lowest BCUT2D eigenvalue weighted by Crippen LogP contribution is -2.47. The SMILES string of the molecule is CC(C)C(C(=O)NCc1ccc(C(=O)O)s1)S(=O)(=O)C1CCCCC1. The van der Waals surface area contributed by atoms with E-state index in [9.17, 15) is 18.0 Å². The third-order valence-electron chi connectivity index (χ3n) is 4.54. The average Bonchev–Trinajstić information content (AvgIpc) is 3.02. The van der Waals surface area contributed by atoms with Crippen molar-refractivity contribution in [2.24, 2.45) is 5.92 Å². The fourth-order valence-corrected chi connectivity index (χ4v) is 6.63. The van der Waals surface area contributed by atoms with Crippen LogP contribution in [0.3, 0.4) is 0 Å². The normalized spacial score (nSPS) is 17.4. The molecule has 0 bridgehead atoms. The van der Waals surface area contributed by atoms with Crippen LogP contribution in [0.15, 0.2) is 12.1 Å². The van der Waals surface area contributed by atoms with E-state index in [4.69, 9.17) is 5.11 Å². The van der Waals surface area contributed by atoms with Gasteiger partial charge in [-0.2, -0.15) is 0 Å². The second-order valence-corrected chi connectivity index (χ2v) is 10.3. The monoisotopic (exact) mass is 387 g/mol. The summed E-state index contributed by atoms with van der Waals surface area (Å²) in [6, 6.07) is 3.11. The molecule has 1 fully saturated rings. The first-order valence-corrected chi connectivity index (χ1v) is 11.0. The van der Waals surface area contributed by atoms with Crippen LogP contribution in [0.4, 0.5) is 0 Å². The predicted octanol–water partition coefficient (Wildman–Crippen LogP) is 2.83. The molecule has 1 aliphatic carbocycles. The molecule has 1 amide bonds. The lowest BCUT2D eigenvalue weighted by molar-refractivity contribution is -0.121. The molecule has 1 aliphatic rings. The highest BCUT2D eigenvalue weighted by Gasteiger charge is 2.40. The van der Waals surface area contributed by atoms with Crippen molar-refractivity contribution in [2.45, 2.75) is 63.0 Å². The summed E-state index contributed by atoms with van der Waals surface area (Å²) >= 11 is 1.07. The maximum Gasteiger partial charge on any atom is 0.345 e. The summed E-state index contributed by atoms with van der Waals surface area (Å²) in [5.41, 5.74) is 0. The molecule has 2 N–H and O–H groups in total. The number of sulfone groups is 1. The van der Waals surface area contributed by atoms with E-state index in [1.54, 1.807) is 19.9 Å². The Morgan fingerprint density at radius 2 is 1.88 bits per heavy atom. The Balaban J connectivity index is 2.07. The Morgan fingerprint density at radius 3 is 2.40 bits per heavy atom. The van der Waals surface area contributed by atoms with E-state index in [1.165, 1.54) is 6.07 Å². The van der Waals surface area contributed by atoms with Gasteiger partial charge in [-0.1, -0.05) is 33.1 Å². The number of carbonyl (C=O) groups excluding carboxylic acids is 1. The standard InChI is InChI=1S/C17H25NO5S2/c1-11(2)15(25(22,23)13-6-4-3-5-7-13)16(19)18-10-12-8-9-14(24-12)17(20)21/h8-9,11,13,15H,3-7,10H2,1-2H3,(H,18,19)(H,20,21). The number of hydrogen-bond donors (Lipinski definition) is 2. The van der Waals surface area contributed by atoms with Gasteiger partial charge in [0, 0.05) is 4.88 Å². The zero-order chi connectivity index (χ0) is 18.6. The molecule has 0 aliphatic heterocycles. The highest BCUT2D eigenvalue weighted by atomic mass is 32.2. The van der Waals surface area contributed by atoms with Gasteiger partial charge in [-0.15, -0.1) is 11.3 Å². The Labute approximate surface area is 152 Å². The minimum absolute atomic E-state index is 0.139. The number of nitrogens with one attached hydrogen (secondary N) is 1. The third-order valence-corrected chi connectivity index (χ3v) is 8.48. The van der Waals surface area contributed by atoms with Gasteiger partial charge in [0.15, 0.2) is 9.84 Å². The van der Waals surface area contributed by atoms with E-state index >= 15 is 0 Å². The smallest absolute Gasteiger partial charge is 0.345 e. The van der Waals surface area contributed by atoms with Crippen LogP contribution in [-0.4, -0.2) is 35.9 Å². The summed E-state index contributed by atoms with van der Waals surface area (Å²) in [6.45, 7) is 3.64. The first-order chi connectivity index (χ1) is 11.7. The minimum atomic E-state index is -3.54. The molecule has 0 spiro atoms. The molecule has 1 atom stereocenters. The molecule has 0 saturated heterocycles. The van der Waals surface area contributed by atoms with Crippen molar-refractivity contribution in [3.05, 3.63) is 21.9 Å². The van der Waals surface area contributed by atoms with E-state index in [0.717, 1.165) is 30.6 Å². The van der Waals surface area contributed by atoms with Gasteiger partial charge in [-0.05, 0) is 30.9 Å². The first-order valence-electron chi connectivity index (χ1n) is 8.56. The van der Waals surface area contributed by atoms with E-state index in [2.05, 4.69) is 5.32 Å². The average molecular weight is 388 g/mol. The van der Waals surface area contributed by atoms with Crippen molar-refractivity contribution < 1.29 is 23.1 Å². The maximum atomic E-state index is 12.9. The number of carbonyl (C=O) groups is 2. The number of hydrogen-bond acceptors (Lipinski definition) is 5. The van der Waals surface area contributed by atoms with Crippen LogP contribution in [0.2, 0.25) is 0 Å². The zero-order valence-electron chi connectivity index (χ0n) is 14.5. The maximum absolute atomic E-state index is 12.9. The van der Waals surface area contributed by atoms with Crippen molar-refractivity contribution in [1.29, 1.82) is 0 Å². The summed E-state index contributed by atoms with van der Waals surface area (Å²) in [4.78, 5) is 24.4. The molecule has 1 unspecified atom stereocenters. The molecule has 0 aromatic carbocycles. The molecule has 2 rings (SSSR count). The Morgan fingerprint density at radius 1 is 1.24 bits per heavy atom. The fraction of sp³-hybridized carbons (Fsp3) is 0.647. The van der Waals surface area contributed by atoms with Gasteiger partial charge in [0.2, 0.25) is 5.91 Å². The molecule has 140 valence electrons. The summed E-state index contributed by atoms with van der Waals surface area (Å²) in [5.74, 6) is -1.82. The van der Waals surface area contributed by atoms with Gasteiger partial charge < -0.3 is 10.4 Å². The molecule has 1 saturated carbocycles. The van der Waals surface area contributed by atoms with E-state index < -0.39 is 32.2 Å². The number of carboxylic acid groups (broad SMARTS) is 1. The number of carboxylic acids is 1. The van der Waals surface area contributed by atoms with Crippen LogP contribution >= 0.6 is 11.3 Å². The van der Waals surface area contributed by atoms with Gasteiger partial charge in [0.05, 0.1) is 11.8 Å². The largest absolute Gasteiger partial charge is 0.477 e. The zero-order valence-corrected chi connectivity index (χ0v) is 16.2. The van der Waals surface area contributed by atoms with Crippen LogP contribution < -0.4 is 5.32 Å². The molecule has 1 heterocycles. The Hall–Kier alpha value is -1.41. The Bertz CT molecular complexity index is 717. The molecule has 0 radical (unpaired) electrons. The van der Waals surface area contributed by atoms with E-state index in [-0.39, 0.29) is 17.3 Å². The van der Waals surface area contributed by atoms with Crippen molar-refractivity contribution in [1.82, 2.24) is 5.32 Å². The second kappa shape index (κ2) is 8.31. The van der Waals surface area contributed by atoms with Gasteiger partial charge in [0.25, 0.3) is 0 Å². The lowest BCUT2D eigenvalue weighted by Gasteiger charge is -2.28. The van der Waals surface area contributed by atoms with Crippen LogP contribution in [0.25, 0.3) is 0 Å². The fourth-order valence-electron chi connectivity index (χ4n) is 3.29. The first kappa shape index (κ1) is 19.9. The molecule has 1 aromatic rings. The topological polar surface area (TPSA) is 101 Å². The van der Waals surface area contributed by atoms with Crippen LogP contribution in [-0.2, 0) is 21.2 Å². The van der Waals surface area contributed by atoms with Gasteiger partial charge >= 0.3 is 5.97 Å². The van der Waals surface area contributed by atoms with Crippen molar-refractivity contribution in [3.63, 3.8) is 0 Å². The quantitative estimate of drug-likeness (QED) is 0.749. The van der Waals surface area contributed by atoms with Crippen LogP contribution in [0, 0.1) is 5.92 Å². The summed E-state index contributed by atoms with van der Waals surface area (Å²) < 4.78 is 25.9. The molecule has 25 heavy (non-hydrogen) atoms.